The number of amides is 1. The van der Waals surface area contributed by atoms with Crippen molar-refractivity contribution in [1.82, 2.24) is 4.90 Å². The van der Waals surface area contributed by atoms with E-state index in [0.717, 1.165) is 12.8 Å². The third kappa shape index (κ3) is 2.91. The molecule has 0 bridgehead atoms. The quantitative estimate of drug-likeness (QED) is 0.792. The van der Waals surface area contributed by atoms with Gasteiger partial charge in [0.2, 0.25) is 5.91 Å². The van der Waals surface area contributed by atoms with Crippen LogP contribution in [0, 0.1) is 10.8 Å². The number of aliphatic carboxylic acids is 1. The summed E-state index contributed by atoms with van der Waals surface area (Å²) < 4.78 is 0. The summed E-state index contributed by atoms with van der Waals surface area (Å²) in [5.74, 6) is -0.678. The van der Waals surface area contributed by atoms with Crippen molar-refractivity contribution in [2.75, 3.05) is 19.6 Å². The number of rotatable bonds is 5. The number of carboxylic acids is 1. The number of carbonyl (C=O) groups excluding carboxylic acids is 1. The van der Waals surface area contributed by atoms with Crippen LogP contribution in [-0.2, 0) is 9.59 Å². The van der Waals surface area contributed by atoms with Crippen molar-refractivity contribution in [3.8, 4) is 0 Å². The molecule has 19 heavy (non-hydrogen) atoms. The number of carbonyl (C=O) groups is 2. The molecule has 0 radical (unpaired) electrons. The summed E-state index contributed by atoms with van der Waals surface area (Å²) >= 11 is 0. The number of nitrogens with two attached hydrogens (primary N) is 1. The van der Waals surface area contributed by atoms with Crippen LogP contribution in [0.15, 0.2) is 0 Å². The topological polar surface area (TPSA) is 83.6 Å². The van der Waals surface area contributed by atoms with E-state index in [1.165, 1.54) is 0 Å². The van der Waals surface area contributed by atoms with Gasteiger partial charge in [-0.25, -0.2) is 0 Å². The molecule has 5 nitrogen and oxygen atoms in total. The van der Waals surface area contributed by atoms with E-state index < -0.39 is 16.8 Å². The fourth-order valence-electron chi connectivity index (χ4n) is 2.68. The Bertz CT molecular complexity index is 334. The number of piperidine rings is 1. The van der Waals surface area contributed by atoms with Gasteiger partial charge >= 0.3 is 5.97 Å². The number of hydrogen-bond donors (Lipinski definition) is 2. The predicted molar refractivity (Wildman–Crippen MR) is 73.6 cm³/mol. The molecule has 1 saturated heterocycles. The van der Waals surface area contributed by atoms with Crippen molar-refractivity contribution in [2.45, 2.75) is 46.5 Å². The molecule has 0 unspecified atom stereocenters. The van der Waals surface area contributed by atoms with Gasteiger partial charge in [-0.05, 0) is 32.6 Å². The molecule has 1 aliphatic rings. The van der Waals surface area contributed by atoms with Crippen molar-refractivity contribution in [1.29, 1.82) is 0 Å². The molecule has 1 amide bonds. The summed E-state index contributed by atoms with van der Waals surface area (Å²) in [6.07, 6.45) is 2.49. The summed E-state index contributed by atoms with van der Waals surface area (Å²) in [6.45, 7) is 7.12. The Balaban J connectivity index is 2.75. The monoisotopic (exact) mass is 270 g/mol. The first-order chi connectivity index (χ1) is 8.85. The second-order valence-electron chi connectivity index (χ2n) is 5.85. The number of hydrogen-bond acceptors (Lipinski definition) is 3. The van der Waals surface area contributed by atoms with Crippen molar-refractivity contribution >= 4 is 11.9 Å². The molecular formula is C14H26N2O3. The van der Waals surface area contributed by atoms with Crippen LogP contribution in [0.2, 0.25) is 0 Å². The van der Waals surface area contributed by atoms with Crippen molar-refractivity contribution < 1.29 is 14.7 Å². The fraction of sp³-hybridized carbons (Fsp3) is 0.857. The lowest BCUT2D eigenvalue weighted by atomic mass is 9.77. The van der Waals surface area contributed by atoms with E-state index in [1.54, 1.807) is 11.8 Å². The molecule has 5 heteroatoms. The van der Waals surface area contributed by atoms with Crippen molar-refractivity contribution in [3.05, 3.63) is 0 Å². The van der Waals surface area contributed by atoms with Gasteiger partial charge in [-0.15, -0.1) is 0 Å². The summed E-state index contributed by atoms with van der Waals surface area (Å²) in [5, 5.41) is 9.20. The summed E-state index contributed by atoms with van der Waals surface area (Å²) in [4.78, 5) is 25.6. The Morgan fingerprint density at radius 3 is 2.05 bits per heavy atom. The molecule has 0 saturated carbocycles. The van der Waals surface area contributed by atoms with Crippen LogP contribution in [0.1, 0.15) is 46.5 Å². The van der Waals surface area contributed by atoms with E-state index in [-0.39, 0.29) is 5.91 Å². The standard InChI is InChI=1S/C14H26N2O3/c1-4-14(5-2,10-15)11(17)16-8-6-13(3,7-9-16)12(18)19/h4-10,15H2,1-3H3,(H,18,19). The van der Waals surface area contributed by atoms with Gasteiger partial charge in [0.05, 0.1) is 10.8 Å². The van der Waals surface area contributed by atoms with Gasteiger partial charge in [-0.3, -0.25) is 9.59 Å². The molecule has 1 heterocycles. The first-order valence-electron chi connectivity index (χ1n) is 7.08. The van der Waals surface area contributed by atoms with E-state index in [0.29, 0.717) is 32.5 Å². The minimum Gasteiger partial charge on any atom is -0.481 e. The molecule has 1 rings (SSSR count). The van der Waals surface area contributed by atoms with Crippen molar-refractivity contribution in [2.24, 2.45) is 16.6 Å². The zero-order valence-corrected chi connectivity index (χ0v) is 12.2. The number of nitrogens with zero attached hydrogens (tertiary/aromatic N) is 1. The Labute approximate surface area is 115 Å². The van der Waals surface area contributed by atoms with E-state index >= 15 is 0 Å². The largest absolute Gasteiger partial charge is 0.481 e. The van der Waals surface area contributed by atoms with Crippen LogP contribution in [-0.4, -0.2) is 41.5 Å². The van der Waals surface area contributed by atoms with Crippen LogP contribution in [0.25, 0.3) is 0 Å². The zero-order chi connectivity index (χ0) is 14.7. The molecule has 0 aromatic carbocycles. The molecule has 3 N–H and O–H groups in total. The maximum absolute atomic E-state index is 12.6. The van der Waals surface area contributed by atoms with Gasteiger partial charge in [0.25, 0.3) is 0 Å². The molecular weight excluding hydrogens is 244 g/mol. The predicted octanol–water partition coefficient (Wildman–Crippen LogP) is 1.46. The van der Waals surface area contributed by atoms with Gasteiger partial charge < -0.3 is 15.7 Å². The first-order valence-corrected chi connectivity index (χ1v) is 7.08. The third-order valence-corrected chi connectivity index (χ3v) is 4.87. The van der Waals surface area contributed by atoms with E-state index in [2.05, 4.69) is 0 Å². The normalized spacial score (nSPS) is 19.3. The zero-order valence-electron chi connectivity index (χ0n) is 12.2. The molecule has 1 fully saturated rings. The van der Waals surface area contributed by atoms with Gasteiger partial charge in [-0.1, -0.05) is 13.8 Å². The lowest BCUT2D eigenvalue weighted by Crippen LogP contribution is -2.52. The first kappa shape index (κ1) is 16.0. The Morgan fingerprint density at radius 2 is 1.74 bits per heavy atom. The van der Waals surface area contributed by atoms with Crippen LogP contribution >= 0.6 is 0 Å². The minimum absolute atomic E-state index is 0.0902. The molecule has 0 aliphatic carbocycles. The fourth-order valence-corrected chi connectivity index (χ4v) is 2.68. The third-order valence-electron chi connectivity index (χ3n) is 4.87. The molecule has 0 atom stereocenters. The van der Waals surface area contributed by atoms with Crippen LogP contribution in [0.3, 0.4) is 0 Å². The van der Waals surface area contributed by atoms with Gasteiger partial charge in [0.15, 0.2) is 0 Å². The highest BCUT2D eigenvalue weighted by atomic mass is 16.4. The van der Waals surface area contributed by atoms with Crippen molar-refractivity contribution in [3.63, 3.8) is 0 Å². The van der Waals surface area contributed by atoms with E-state index in [9.17, 15) is 14.7 Å². The second-order valence-corrected chi connectivity index (χ2v) is 5.85. The molecule has 0 spiro atoms. The molecule has 110 valence electrons. The lowest BCUT2D eigenvalue weighted by Gasteiger charge is -2.41. The van der Waals surface area contributed by atoms with Gasteiger partial charge in [-0.2, -0.15) is 0 Å². The smallest absolute Gasteiger partial charge is 0.309 e. The molecule has 0 aromatic heterocycles. The average Bonchev–Trinajstić information content (AvgIpc) is 2.42. The summed E-state index contributed by atoms with van der Waals surface area (Å²) in [5.41, 5.74) is 4.63. The maximum Gasteiger partial charge on any atom is 0.309 e. The van der Waals surface area contributed by atoms with Crippen LogP contribution < -0.4 is 5.73 Å². The SMILES string of the molecule is CCC(CC)(CN)C(=O)N1CCC(C)(C(=O)O)CC1. The highest BCUT2D eigenvalue weighted by Crippen LogP contribution is 2.34. The minimum atomic E-state index is -0.768. The summed E-state index contributed by atoms with van der Waals surface area (Å²) in [7, 11) is 0. The summed E-state index contributed by atoms with van der Waals surface area (Å²) in [6, 6.07) is 0. The van der Waals surface area contributed by atoms with E-state index in [1.807, 2.05) is 13.8 Å². The number of carboxylic acid groups (broad SMARTS) is 1. The van der Waals surface area contributed by atoms with Gasteiger partial charge in [0.1, 0.15) is 0 Å². The lowest BCUT2D eigenvalue weighted by molar-refractivity contribution is -0.155. The highest BCUT2D eigenvalue weighted by molar-refractivity contribution is 5.83. The Kier molecular flexibility index (Phi) is 4.96. The second kappa shape index (κ2) is 5.90. The molecule has 0 aromatic rings. The Hall–Kier alpha value is -1.10. The Morgan fingerprint density at radius 1 is 1.26 bits per heavy atom. The maximum atomic E-state index is 12.6. The van der Waals surface area contributed by atoms with E-state index in [4.69, 9.17) is 5.73 Å². The average molecular weight is 270 g/mol. The molecule has 1 aliphatic heterocycles. The highest BCUT2D eigenvalue weighted by Gasteiger charge is 2.42. The van der Waals surface area contributed by atoms with Crippen LogP contribution in [0.5, 0.6) is 0 Å². The number of likely N-dealkylation sites (tertiary alicyclic amines) is 1. The van der Waals surface area contributed by atoms with Gasteiger partial charge in [0, 0.05) is 19.6 Å². The van der Waals surface area contributed by atoms with Crippen LogP contribution in [0.4, 0.5) is 0 Å².